The van der Waals surface area contributed by atoms with Gasteiger partial charge in [-0.15, -0.1) is 0 Å². The number of ether oxygens (including phenoxy) is 1. The van der Waals surface area contributed by atoms with Crippen molar-refractivity contribution in [3.63, 3.8) is 0 Å². The van der Waals surface area contributed by atoms with Gasteiger partial charge in [0.15, 0.2) is 5.69 Å². The molecule has 0 unspecified atom stereocenters. The van der Waals surface area contributed by atoms with Gasteiger partial charge in [0, 0.05) is 21.2 Å². The summed E-state index contributed by atoms with van der Waals surface area (Å²) in [6, 6.07) is 12.7. The average molecular weight is 436 g/mol. The number of esters is 1. The van der Waals surface area contributed by atoms with Crippen LogP contribution in [0.3, 0.4) is 0 Å². The van der Waals surface area contributed by atoms with Crippen LogP contribution in [0, 0.1) is 0 Å². The monoisotopic (exact) mass is 434 g/mol. The van der Waals surface area contributed by atoms with Crippen molar-refractivity contribution in [3.8, 4) is 16.9 Å². The van der Waals surface area contributed by atoms with Crippen molar-refractivity contribution in [3.05, 3.63) is 68.8 Å². The molecule has 1 aliphatic rings. The Hall–Kier alpha value is -2.01. The van der Waals surface area contributed by atoms with E-state index in [0.717, 1.165) is 29.7 Å². The first-order valence-electron chi connectivity index (χ1n) is 9.01. The maximum Gasteiger partial charge on any atom is 0.359 e. The Kier molecular flexibility index (Phi) is 5.37. The number of hydrogen-bond donors (Lipinski definition) is 0. The van der Waals surface area contributed by atoms with E-state index in [1.54, 1.807) is 29.8 Å². The zero-order chi connectivity index (χ0) is 19.8. The Morgan fingerprint density at radius 2 is 1.79 bits per heavy atom. The molecule has 2 aromatic carbocycles. The normalized spacial score (nSPS) is 13.6. The third kappa shape index (κ3) is 3.64. The molecule has 0 N–H and O–H groups in total. The summed E-state index contributed by atoms with van der Waals surface area (Å²) < 4.78 is 6.98. The molecule has 3 aromatic rings. The molecule has 1 aromatic heterocycles. The summed E-state index contributed by atoms with van der Waals surface area (Å²) in [5.41, 5.74) is 3.60. The number of benzene rings is 2. The minimum absolute atomic E-state index is 0.268. The van der Waals surface area contributed by atoms with Gasteiger partial charge < -0.3 is 4.74 Å². The van der Waals surface area contributed by atoms with Gasteiger partial charge in [-0.3, -0.25) is 0 Å². The standard InChI is InChI=1S/C21H17Cl3N2O2/c1-2-28-21(27)19-18(12-3-4-12)20(13-5-7-14(22)8-6-13)26(25-19)17-10-9-15(23)11-16(17)24/h5-12H,2-4H2,1H3. The van der Waals surface area contributed by atoms with Gasteiger partial charge in [0.1, 0.15) is 0 Å². The van der Waals surface area contributed by atoms with Gasteiger partial charge in [-0.25, -0.2) is 9.48 Å². The first-order valence-corrected chi connectivity index (χ1v) is 10.1. The highest BCUT2D eigenvalue weighted by Crippen LogP contribution is 2.47. The number of aromatic nitrogens is 2. The third-order valence-corrected chi connectivity index (χ3v) is 5.42. The first kappa shape index (κ1) is 19.3. The van der Waals surface area contributed by atoms with Gasteiger partial charge >= 0.3 is 5.97 Å². The number of rotatable bonds is 5. The van der Waals surface area contributed by atoms with Crippen molar-refractivity contribution < 1.29 is 9.53 Å². The highest BCUT2D eigenvalue weighted by Gasteiger charge is 2.36. The molecule has 4 rings (SSSR count). The van der Waals surface area contributed by atoms with E-state index in [-0.39, 0.29) is 12.5 Å². The van der Waals surface area contributed by atoms with Crippen LogP contribution in [0.15, 0.2) is 42.5 Å². The lowest BCUT2D eigenvalue weighted by atomic mass is 10.0. The minimum Gasteiger partial charge on any atom is -0.461 e. The number of carbonyl (C=O) groups excluding carboxylic acids is 1. The van der Waals surface area contributed by atoms with E-state index >= 15 is 0 Å². The number of carbonyl (C=O) groups is 1. The van der Waals surface area contributed by atoms with Crippen molar-refractivity contribution >= 4 is 40.8 Å². The second-order valence-corrected chi connectivity index (χ2v) is 7.90. The van der Waals surface area contributed by atoms with E-state index in [9.17, 15) is 4.79 Å². The van der Waals surface area contributed by atoms with E-state index in [4.69, 9.17) is 39.5 Å². The summed E-state index contributed by atoms with van der Waals surface area (Å²) in [5, 5.41) is 6.24. The van der Waals surface area contributed by atoms with Crippen molar-refractivity contribution in [2.24, 2.45) is 0 Å². The van der Waals surface area contributed by atoms with Gasteiger partial charge in [0.2, 0.25) is 0 Å². The predicted molar refractivity (Wildman–Crippen MR) is 112 cm³/mol. The molecule has 144 valence electrons. The lowest BCUT2D eigenvalue weighted by molar-refractivity contribution is 0.0517. The predicted octanol–water partition coefficient (Wildman–Crippen LogP) is 6.55. The molecule has 1 fully saturated rings. The Labute approximate surface area is 178 Å². The second kappa shape index (κ2) is 7.78. The fourth-order valence-corrected chi connectivity index (χ4v) is 3.87. The first-order chi connectivity index (χ1) is 13.5. The molecule has 0 saturated heterocycles. The molecule has 0 spiro atoms. The van der Waals surface area contributed by atoms with E-state index in [0.29, 0.717) is 26.4 Å². The molecule has 1 heterocycles. The number of nitrogens with zero attached hydrogens (tertiary/aromatic N) is 2. The summed E-state index contributed by atoms with van der Waals surface area (Å²) in [5.74, 6) is -0.159. The quantitative estimate of drug-likeness (QED) is 0.427. The summed E-state index contributed by atoms with van der Waals surface area (Å²) in [7, 11) is 0. The van der Waals surface area contributed by atoms with E-state index in [2.05, 4.69) is 5.10 Å². The van der Waals surface area contributed by atoms with Crippen molar-refractivity contribution in [2.45, 2.75) is 25.7 Å². The summed E-state index contributed by atoms with van der Waals surface area (Å²) >= 11 is 18.6. The van der Waals surface area contributed by atoms with Crippen LogP contribution in [-0.2, 0) is 4.74 Å². The maximum atomic E-state index is 12.6. The topological polar surface area (TPSA) is 44.1 Å². The highest BCUT2D eigenvalue weighted by molar-refractivity contribution is 6.35. The zero-order valence-corrected chi connectivity index (χ0v) is 17.4. The highest BCUT2D eigenvalue weighted by atomic mass is 35.5. The SMILES string of the molecule is CCOC(=O)c1nn(-c2ccc(Cl)cc2Cl)c(-c2ccc(Cl)cc2)c1C1CC1. The van der Waals surface area contributed by atoms with Crippen molar-refractivity contribution in [2.75, 3.05) is 6.61 Å². The Balaban J connectivity index is 1.99. The lowest BCUT2D eigenvalue weighted by Crippen LogP contribution is -2.08. The van der Waals surface area contributed by atoms with Crippen LogP contribution in [0.4, 0.5) is 0 Å². The summed E-state index contributed by atoms with van der Waals surface area (Å²) in [6.45, 7) is 2.07. The summed E-state index contributed by atoms with van der Waals surface area (Å²) in [4.78, 5) is 12.6. The zero-order valence-electron chi connectivity index (χ0n) is 15.1. The second-order valence-electron chi connectivity index (χ2n) is 6.62. The molecule has 7 heteroatoms. The molecule has 28 heavy (non-hydrogen) atoms. The van der Waals surface area contributed by atoms with Crippen LogP contribution in [0.5, 0.6) is 0 Å². The average Bonchev–Trinajstić information content (AvgIpc) is 3.43. The fourth-order valence-electron chi connectivity index (χ4n) is 3.25. The Morgan fingerprint density at radius 1 is 1.11 bits per heavy atom. The Bertz CT molecular complexity index is 1040. The molecule has 0 aliphatic heterocycles. The maximum absolute atomic E-state index is 12.6. The summed E-state index contributed by atoms with van der Waals surface area (Å²) in [6.07, 6.45) is 2.01. The van der Waals surface area contributed by atoms with Gasteiger partial charge in [-0.05, 0) is 56.0 Å². The van der Waals surface area contributed by atoms with Crippen LogP contribution in [-0.4, -0.2) is 22.4 Å². The number of halogens is 3. The van der Waals surface area contributed by atoms with Crippen LogP contribution < -0.4 is 0 Å². The minimum atomic E-state index is -0.427. The molecule has 4 nitrogen and oxygen atoms in total. The van der Waals surface area contributed by atoms with Gasteiger partial charge in [-0.2, -0.15) is 5.10 Å². The van der Waals surface area contributed by atoms with E-state index in [1.165, 1.54) is 0 Å². The van der Waals surface area contributed by atoms with E-state index < -0.39 is 5.97 Å². The lowest BCUT2D eigenvalue weighted by Gasteiger charge is -2.12. The van der Waals surface area contributed by atoms with Crippen molar-refractivity contribution in [1.82, 2.24) is 9.78 Å². The van der Waals surface area contributed by atoms with Gasteiger partial charge in [-0.1, -0.05) is 46.9 Å². The largest absolute Gasteiger partial charge is 0.461 e. The van der Waals surface area contributed by atoms with Crippen LogP contribution in [0.1, 0.15) is 41.7 Å². The fraction of sp³-hybridized carbons (Fsp3) is 0.238. The molecule has 1 saturated carbocycles. The van der Waals surface area contributed by atoms with Crippen LogP contribution in [0.2, 0.25) is 15.1 Å². The van der Waals surface area contributed by atoms with Crippen LogP contribution >= 0.6 is 34.8 Å². The van der Waals surface area contributed by atoms with Crippen molar-refractivity contribution in [1.29, 1.82) is 0 Å². The molecule has 0 atom stereocenters. The molecule has 1 aliphatic carbocycles. The van der Waals surface area contributed by atoms with Crippen LogP contribution in [0.25, 0.3) is 16.9 Å². The van der Waals surface area contributed by atoms with Gasteiger partial charge in [0.25, 0.3) is 0 Å². The molecule has 0 radical (unpaired) electrons. The van der Waals surface area contributed by atoms with E-state index in [1.807, 2.05) is 24.3 Å². The molecular weight excluding hydrogens is 419 g/mol. The molecule has 0 amide bonds. The molecular formula is C21H17Cl3N2O2. The molecule has 0 bridgehead atoms. The number of hydrogen-bond acceptors (Lipinski definition) is 3. The van der Waals surface area contributed by atoms with Gasteiger partial charge in [0.05, 0.1) is 23.0 Å². The Morgan fingerprint density at radius 3 is 2.39 bits per heavy atom. The third-order valence-electron chi connectivity index (χ3n) is 4.63. The smallest absolute Gasteiger partial charge is 0.359 e.